The molecule has 0 radical (unpaired) electrons. The number of rotatable bonds is 7. The topological polar surface area (TPSA) is 48.3 Å². The molecule has 0 unspecified atom stereocenters. The largest absolute Gasteiger partial charge is 0.488 e. The van der Waals surface area contributed by atoms with E-state index in [4.69, 9.17) is 4.74 Å². The molecular formula is C14H21NO3. The third kappa shape index (κ3) is 4.02. The summed E-state index contributed by atoms with van der Waals surface area (Å²) >= 11 is 0. The summed E-state index contributed by atoms with van der Waals surface area (Å²) in [5.74, 6) is 0.552. The standard InChI is InChI=1S/C14H21NO3/c1-4-5-10-18-14-12(3)15(8-6-11(2)16)9-7-13(14)17/h7,9H,4-6,8,10H2,1-3H3. The average Bonchev–Trinajstić information content (AvgIpc) is 2.32. The molecule has 1 aromatic heterocycles. The van der Waals surface area contributed by atoms with Gasteiger partial charge in [0.05, 0.1) is 12.3 Å². The number of ketones is 1. The zero-order chi connectivity index (χ0) is 13.5. The van der Waals surface area contributed by atoms with Gasteiger partial charge in [-0.3, -0.25) is 9.59 Å². The highest BCUT2D eigenvalue weighted by atomic mass is 16.5. The van der Waals surface area contributed by atoms with Crippen LogP contribution in [-0.4, -0.2) is 17.0 Å². The first-order valence-electron chi connectivity index (χ1n) is 6.38. The van der Waals surface area contributed by atoms with Crippen LogP contribution in [0.3, 0.4) is 0 Å². The van der Waals surface area contributed by atoms with Crippen molar-refractivity contribution in [2.24, 2.45) is 0 Å². The molecule has 0 aliphatic rings. The van der Waals surface area contributed by atoms with Gasteiger partial charge in [0.2, 0.25) is 5.43 Å². The Morgan fingerprint density at radius 1 is 1.44 bits per heavy atom. The first-order chi connectivity index (χ1) is 8.56. The monoisotopic (exact) mass is 251 g/mol. The Kier molecular flexibility index (Phi) is 5.62. The average molecular weight is 251 g/mol. The molecule has 1 rings (SSSR count). The number of nitrogens with zero attached hydrogens (tertiary/aromatic N) is 1. The number of unbranched alkanes of at least 4 members (excludes halogenated alkanes) is 1. The Morgan fingerprint density at radius 3 is 2.78 bits per heavy atom. The van der Waals surface area contributed by atoms with Gasteiger partial charge in [0.25, 0.3) is 0 Å². The molecule has 0 aliphatic carbocycles. The van der Waals surface area contributed by atoms with Crippen LogP contribution in [0, 0.1) is 6.92 Å². The van der Waals surface area contributed by atoms with Crippen molar-refractivity contribution in [1.29, 1.82) is 0 Å². The number of pyridine rings is 1. The van der Waals surface area contributed by atoms with Crippen LogP contribution in [0.2, 0.25) is 0 Å². The van der Waals surface area contributed by atoms with Gasteiger partial charge < -0.3 is 9.30 Å². The third-order valence-electron chi connectivity index (χ3n) is 2.84. The lowest BCUT2D eigenvalue weighted by Crippen LogP contribution is -2.16. The molecular weight excluding hydrogens is 230 g/mol. The van der Waals surface area contributed by atoms with Gasteiger partial charge in [0.15, 0.2) is 5.75 Å². The maximum Gasteiger partial charge on any atom is 0.223 e. The fourth-order valence-electron chi connectivity index (χ4n) is 1.67. The number of Topliss-reactive ketones (excluding diaryl/α,β-unsaturated/α-hetero) is 1. The highest BCUT2D eigenvalue weighted by Gasteiger charge is 2.08. The summed E-state index contributed by atoms with van der Waals surface area (Å²) in [6, 6.07) is 1.49. The molecule has 0 spiro atoms. The normalized spacial score (nSPS) is 10.4. The van der Waals surface area contributed by atoms with Crippen LogP contribution < -0.4 is 10.2 Å². The van der Waals surface area contributed by atoms with Gasteiger partial charge in [-0.15, -0.1) is 0 Å². The zero-order valence-corrected chi connectivity index (χ0v) is 11.4. The van der Waals surface area contributed by atoms with Crippen LogP contribution in [0.1, 0.15) is 38.8 Å². The lowest BCUT2D eigenvalue weighted by Gasteiger charge is -2.14. The molecule has 0 fully saturated rings. The predicted octanol–water partition coefficient (Wildman–Crippen LogP) is 2.31. The molecule has 0 N–H and O–H groups in total. The Balaban J connectivity index is 2.85. The Bertz CT molecular complexity index is 463. The molecule has 100 valence electrons. The van der Waals surface area contributed by atoms with E-state index in [1.54, 1.807) is 13.1 Å². The quantitative estimate of drug-likeness (QED) is 0.699. The number of hydrogen-bond donors (Lipinski definition) is 0. The minimum atomic E-state index is -0.0947. The Hall–Kier alpha value is -1.58. The SMILES string of the molecule is CCCCOc1c(C)n(CCC(C)=O)ccc1=O. The van der Waals surface area contributed by atoms with Gasteiger partial charge in [-0.05, 0) is 20.3 Å². The molecule has 0 aromatic carbocycles. The van der Waals surface area contributed by atoms with Crippen molar-refractivity contribution >= 4 is 5.78 Å². The summed E-state index contributed by atoms with van der Waals surface area (Å²) in [6.07, 6.45) is 4.15. The maximum absolute atomic E-state index is 11.7. The van der Waals surface area contributed by atoms with E-state index < -0.39 is 0 Å². The molecule has 0 aliphatic heterocycles. The number of carbonyl (C=O) groups is 1. The molecule has 0 amide bonds. The highest BCUT2D eigenvalue weighted by Crippen LogP contribution is 2.12. The molecule has 0 atom stereocenters. The van der Waals surface area contributed by atoms with E-state index in [9.17, 15) is 9.59 Å². The summed E-state index contributed by atoms with van der Waals surface area (Å²) in [5.41, 5.74) is 0.697. The Labute approximate surface area is 108 Å². The second-order valence-corrected chi connectivity index (χ2v) is 4.44. The van der Waals surface area contributed by atoms with Gasteiger partial charge >= 0.3 is 0 Å². The summed E-state index contributed by atoms with van der Waals surface area (Å²) in [4.78, 5) is 22.7. The number of hydrogen-bond acceptors (Lipinski definition) is 3. The van der Waals surface area contributed by atoms with Crippen LogP contribution in [0.25, 0.3) is 0 Å². The van der Waals surface area contributed by atoms with Crippen LogP contribution in [0.4, 0.5) is 0 Å². The highest BCUT2D eigenvalue weighted by molar-refractivity contribution is 5.75. The van der Waals surface area contributed by atoms with Gasteiger partial charge in [0.1, 0.15) is 5.78 Å². The van der Waals surface area contributed by atoms with E-state index in [1.165, 1.54) is 6.07 Å². The Morgan fingerprint density at radius 2 is 2.17 bits per heavy atom. The van der Waals surface area contributed by atoms with E-state index in [2.05, 4.69) is 6.92 Å². The van der Waals surface area contributed by atoms with Crippen molar-refractivity contribution < 1.29 is 9.53 Å². The fourth-order valence-corrected chi connectivity index (χ4v) is 1.67. The molecule has 1 aromatic rings. The summed E-state index contributed by atoms with van der Waals surface area (Å²) in [7, 11) is 0. The zero-order valence-electron chi connectivity index (χ0n) is 11.4. The van der Waals surface area contributed by atoms with Crippen molar-refractivity contribution in [2.45, 2.75) is 46.6 Å². The minimum absolute atomic E-state index is 0.0947. The van der Waals surface area contributed by atoms with E-state index in [1.807, 2.05) is 11.5 Å². The number of ether oxygens (including phenoxy) is 1. The third-order valence-corrected chi connectivity index (χ3v) is 2.84. The van der Waals surface area contributed by atoms with Gasteiger partial charge in [0, 0.05) is 25.2 Å². The number of carbonyl (C=O) groups excluding carboxylic acids is 1. The molecule has 0 bridgehead atoms. The summed E-state index contributed by atoms with van der Waals surface area (Å²) in [5, 5.41) is 0. The maximum atomic E-state index is 11.7. The van der Waals surface area contributed by atoms with E-state index in [0.717, 1.165) is 18.5 Å². The second kappa shape index (κ2) is 6.99. The van der Waals surface area contributed by atoms with Crippen LogP contribution >= 0.6 is 0 Å². The van der Waals surface area contributed by atoms with E-state index in [0.29, 0.717) is 25.3 Å². The smallest absolute Gasteiger partial charge is 0.223 e. The van der Waals surface area contributed by atoms with E-state index in [-0.39, 0.29) is 11.2 Å². The van der Waals surface area contributed by atoms with Gasteiger partial charge in [-0.25, -0.2) is 0 Å². The first-order valence-corrected chi connectivity index (χ1v) is 6.38. The lowest BCUT2D eigenvalue weighted by atomic mass is 10.2. The number of aromatic nitrogens is 1. The molecule has 1 heterocycles. The van der Waals surface area contributed by atoms with Crippen molar-refractivity contribution in [3.8, 4) is 5.75 Å². The van der Waals surface area contributed by atoms with Gasteiger partial charge in [-0.2, -0.15) is 0 Å². The molecule has 4 heteroatoms. The molecule has 0 saturated carbocycles. The van der Waals surface area contributed by atoms with Crippen molar-refractivity contribution in [2.75, 3.05) is 6.61 Å². The molecule has 18 heavy (non-hydrogen) atoms. The van der Waals surface area contributed by atoms with Crippen molar-refractivity contribution in [3.05, 3.63) is 28.2 Å². The summed E-state index contributed by atoms with van der Waals surface area (Å²) < 4.78 is 7.43. The van der Waals surface area contributed by atoms with Gasteiger partial charge in [-0.1, -0.05) is 13.3 Å². The van der Waals surface area contributed by atoms with Crippen molar-refractivity contribution in [3.63, 3.8) is 0 Å². The van der Waals surface area contributed by atoms with Crippen molar-refractivity contribution in [1.82, 2.24) is 4.57 Å². The fraction of sp³-hybridized carbons (Fsp3) is 0.571. The predicted molar refractivity (Wildman–Crippen MR) is 71.1 cm³/mol. The van der Waals surface area contributed by atoms with Crippen LogP contribution in [-0.2, 0) is 11.3 Å². The second-order valence-electron chi connectivity index (χ2n) is 4.44. The molecule has 0 saturated heterocycles. The summed E-state index contributed by atoms with van der Waals surface area (Å²) in [6.45, 7) is 6.64. The molecule has 4 nitrogen and oxygen atoms in total. The minimum Gasteiger partial charge on any atom is -0.488 e. The first kappa shape index (κ1) is 14.5. The lowest BCUT2D eigenvalue weighted by molar-refractivity contribution is -0.117. The van der Waals surface area contributed by atoms with Crippen LogP contribution in [0.15, 0.2) is 17.1 Å². The van der Waals surface area contributed by atoms with E-state index >= 15 is 0 Å². The van der Waals surface area contributed by atoms with Crippen LogP contribution in [0.5, 0.6) is 5.75 Å². The number of aryl methyl sites for hydroxylation is 1.